The highest BCUT2D eigenvalue weighted by Crippen LogP contribution is 2.15. The van der Waals surface area contributed by atoms with Crippen LogP contribution in [0.15, 0.2) is 12.3 Å². The second-order valence-corrected chi connectivity index (χ2v) is 4.29. The molecule has 1 N–H and O–H groups in total. The summed E-state index contributed by atoms with van der Waals surface area (Å²) in [7, 11) is 0. The van der Waals surface area contributed by atoms with Gasteiger partial charge in [0, 0.05) is 12.1 Å². The highest BCUT2D eigenvalue weighted by Gasteiger charge is 2.16. The summed E-state index contributed by atoms with van der Waals surface area (Å²) in [6.45, 7) is 4.14. The molecule has 1 aromatic heterocycles. The first-order valence-corrected chi connectivity index (χ1v) is 6.34. The first kappa shape index (κ1) is 13.9. The number of carbonyl (C=O) groups is 1. The monoisotopic (exact) mass is 255 g/mol. The topological polar surface area (TPSA) is 54.9 Å². The van der Waals surface area contributed by atoms with Crippen molar-refractivity contribution in [2.75, 3.05) is 5.32 Å². The van der Waals surface area contributed by atoms with E-state index in [0.29, 0.717) is 5.82 Å². The number of halogens is 1. The Kier molecular flexibility index (Phi) is 5.91. The van der Waals surface area contributed by atoms with Gasteiger partial charge in [-0.2, -0.15) is 0 Å². The molecule has 0 saturated carbocycles. The van der Waals surface area contributed by atoms with Gasteiger partial charge in [-0.15, -0.1) is 0 Å². The number of carbonyl (C=O) groups excluding carboxylic acids is 1. The van der Waals surface area contributed by atoms with Crippen LogP contribution in [0, 0.1) is 5.92 Å². The predicted molar refractivity (Wildman–Crippen MR) is 69.0 cm³/mol. The van der Waals surface area contributed by atoms with Crippen LogP contribution in [0.4, 0.5) is 5.82 Å². The molecule has 0 fully saturated rings. The van der Waals surface area contributed by atoms with E-state index in [1.807, 2.05) is 6.92 Å². The maximum absolute atomic E-state index is 11.9. The van der Waals surface area contributed by atoms with Crippen LogP contribution in [0.1, 0.15) is 39.5 Å². The van der Waals surface area contributed by atoms with Crippen molar-refractivity contribution in [2.24, 2.45) is 5.92 Å². The van der Waals surface area contributed by atoms with Gasteiger partial charge in [0.25, 0.3) is 0 Å². The molecule has 1 aromatic rings. The molecular weight excluding hydrogens is 238 g/mol. The number of nitrogens with zero attached hydrogens (tertiary/aromatic N) is 2. The number of aromatic nitrogens is 2. The number of rotatable bonds is 6. The molecule has 1 amide bonds. The number of amides is 1. The standard InChI is InChI=1S/C12H18ClN3O/c1-3-5-6-9(4-2)11(17)15-10-7-8-14-12(13)16-10/h7-9H,3-6H2,1-2H3,(H,14,15,16,17). The van der Waals surface area contributed by atoms with Crippen LogP contribution >= 0.6 is 11.6 Å². The lowest BCUT2D eigenvalue weighted by Gasteiger charge is -2.13. The molecule has 0 aromatic carbocycles. The lowest BCUT2D eigenvalue weighted by Crippen LogP contribution is -2.22. The van der Waals surface area contributed by atoms with E-state index >= 15 is 0 Å². The van der Waals surface area contributed by atoms with E-state index in [2.05, 4.69) is 22.2 Å². The van der Waals surface area contributed by atoms with E-state index < -0.39 is 0 Å². The molecule has 0 bridgehead atoms. The van der Waals surface area contributed by atoms with Gasteiger partial charge in [0.05, 0.1) is 0 Å². The lowest BCUT2D eigenvalue weighted by atomic mass is 9.98. The van der Waals surface area contributed by atoms with E-state index in [1.165, 1.54) is 6.20 Å². The van der Waals surface area contributed by atoms with Gasteiger partial charge in [0.15, 0.2) is 0 Å². The Morgan fingerprint density at radius 2 is 2.29 bits per heavy atom. The van der Waals surface area contributed by atoms with E-state index in [4.69, 9.17) is 11.6 Å². The summed E-state index contributed by atoms with van der Waals surface area (Å²) in [5.41, 5.74) is 0. The van der Waals surface area contributed by atoms with Crippen LogP contribution in [-0.4, -0.2) is 15.9 Å². The summed E-state index contributed by atoms with van der Waals surface area (Å²) in [5.74, 6) is 0.518. The summed E-state index contributed by atoms with van der Waals surface area (Å²) in [6.07, 6.45) is 5.44. The Labute approximate surface area is 107 Å². The Balaban J connectivity index is 2.57. The average Bonchev–Trinajstić information content (AvgIpc) is 2.30. The second kappa shape index (κ2) is 7.22. The average molecular weight is 256 g/mol. The zero-order chi connectivity index (χ0) is 12.7. The first-order chi connectivity index (χ1) is 8.17. The molecule has 1 heterocycles. The Bertz CT molecular complexity index is 371. The van der Waals surface area contributed by atoms with Gasteiger partial charge in [0.1, 0.15) is 5.82 Å². The van der Waals surface area contributed by atoms with Crippen molar-refractivity contribution in [2.45, 2.75) is 39.5 Å². The van der Waals surface area contributed by atoms with Crippen molar-refractivity contribution < 1.29 is 4.79 Å². The highest BCUT2D eigenvalue weighted by atomic mass is 35.5. The number of hydrogen-bond donors (Lipinski definition) is 1. The molecule has 1 unspecified atom stereocenters. The molecule has 5 heteroatoms. The third-order valence-corrected chi connectivity index (χ3v) is 2.83. The minimum absolute atomic E-state index is 0.00992. The van der Waals surface area contributed by atoms with Crippen molar-refractivity contribution in [3.05, 3.63) is 17.5 Å². The Hall–Kier alpha value is -1.16. The first-order valence-electron chi connectivity index (χ1n) is 5.96. The molecular formula is C12H18ClN3O. The lowest BCUT2D eigenvalue weighted by molar-refractivity contribution is -0.120. The van der Waals surface area contributed by atoms with Gasteiger partial charge in [-0.1, -0.05) is 26.7 Å². The quantitative estimate of drug-likeness (QED) is 0.794. The van der Waals surface area contributed by atoms with Crippen molar-refractivity contribution in [3.8, 4) is 0 Å². The normalized spacial score (nSPS) is 12.2. The molecule has 0 saturated heterocycles. The third kappa shape index (κ3) is 4.69. The number of hydrogen-bond acceptors (Lipinski definition) is 3. The zero-order valence-electron chi connectivity index (χ0n) is 10.2. The number of unbranched alkanes of at least 4 members (excludes halogenated alkanes) is 1. The van der Waals surface area contributed by atoms with Gasteiger partial charge in [-0.05, 0) is 30.5 Å². The van der Waals surface area contributed by atoms with Gasteiger partial charge in [-0.25, -0.2) is 9.97 Å². The molecule has 0 radical (unpaired) electrons. The van der Waals surface area contributed by atoms with Gasteiger partial charge in [-0.3, -0.25) is 4.79 Å². The van der Waals surface area contributed by atoms with E-state index in [9.17, 15) is 4.79 Å². The molecule has 0 aliphatic carbocycles. The van der Waals surface area contributed by atoms with Crippen LogP contribution in [0.25, 0.3) is 0 Å². The van der Waals surface area contributed by atoms with Crippen LogP contribution in [0.5, 0.6) is 0 Å². The maximum Gasteiger partial charge on any atom is 0.228 e. The molecule has 0 spiro atoms. The maximum atomic E-state index is 11.9. The minimum Gasteiger partial charge on any atom is -0.310 e. The minimum atomic E-state index is 0.00992. The van der Waals surface area contributed by atoms with Gasteiger partial charge < -0.3 is 5.32 Å². The van der Waals surface area contributed by atoms with E-state index in [0.717, 1.165) is 25.7 Å². The summed E-state index contributed by atoms with van der Waals surface area (Å²) >= 11 is 5.65. The molecule has 1 atom stereocenters. The molecule has 0 aliphatic heterocycles. The van der Waals surface area contributed by atoms with E-state index in [1.54, 1.807) is 6.07 Å². The van der Waals surface area contributed by atoms with Crippen LogP contribution in [-0.2, 0) is 4.79 Å². The molecule has 17 heavy (non-hydrogen) atoms. The number of anilines is 1. The Morgan fingerprint density at radius 3 is 2.88 bits per heavy atom. The third-order valence-electron chi connectivity index (χ3n) is 2.65. The summed E-state index contributed by atoms with van der Waals surface area (Å²) in [6, 6.07) is 1.64. The van der Waals surface area contributed by atoms with E-state index in [-0.39, 0.29) is 17.1 Å². The molecule has 1 rings (SSSR count). The predicted octanol–water partition coefficient (Wildman–Crippen LogP) is 3.28. The smallest absolute Gasteiger partial charge is 0.228 e. The number of nitrogens with one attached hydrogen (secondary N) is 1. The van der Waals surface area contributed by atoms with Crippen molar-refractivity contribution in [3.63, 3.8) is 0 Å². The van der Waals surface area contributed by atoms with Gasteiger partial charge in [0.2, 0.25) is 11.2 Å². The highest BCUT2D eigenvalue weighted by molar-refractivity contribution is 6.28. The van der Waals surface area contributed by atoms with Gasteiger partial charge >= 0.3 is 0 Å². The second-order valence-electron chi connectivity index (χ2n) is 3.95. The molecule has 94 valence electrons. The molecule has 0 aliphatic rings. The fourth-order valence-electron chi connectivity index (χ4n) is 1.60. The van der Waals surface area contributed by atoms with Crippen molar-refractivity contribution in [1.29, 1.82) is 0 Å². The fourth-order valence-corrected chi connectivity index (χ4v) is 1.75. The summed E-state index contributed by atoms with van der Waals surface area (Å²) in [4.78, 5) is 19.6. The molecule has 4 nitrogen and oxygen atoms in total. The summed E-state index contributed by atoms with van der Waals surface area (Å²) < 4.78 is 0. The summed E-state index contributed by atoms with van der Waals surface area (Å²) in [5, 5.41) is 2.91. The Morgan fingerprint density at radius 1 is 1.53 bits per heavy atom. The van der Waals surface area contributed by atoms with Crippen LogP contribution in [0.3, 0.4) is 0 Å². The fraction of sp³-hybridized carbons (Fsp3) is 0.583. The van der Waals surface area contributed by atoms with Crippen LogP contribution in [0.2, 0.25) is 5.28 Å². The van der Waals surface area contributed by atoms with Crippen molar-refractivity contribution in [1.82, 2.24) is 9.97 Å². The largest absolute Gasteiger partial charge is 0.310 e. The SMILES string of the molecule is CCCCC(CC)C(=O)Nc1ccnc(Cl)n1. The zero-order valence-corrected chi connectivity index (χ0v) is 11.0. The van der Waals surface area contributed by atoms with Crippen LogP contribution < -0.4 is 5.32 Å². The van der Waals surface area contributed by atoms with Crippen molar-refractivity contribution >= 4 is 23.3 Å².